The van der Waals surface area contributed by atoms with Crippen molar-refractivity contribution in [2.24, 2.45) is 0 Å². The first-order valence-corrected chi connectivity index (χ1v) is 16.5. The van der Waals surface area contributed by atoms with Crippen LogP contribution in [0.4, 0.5) is 11.4 Å². The summed E-state index contributed by atoms with van der Waals surface area (Å²) < 4.78 is 5.31. The van der Waals surface area contributed by atoms with Crippen LogP contribution in [0.15, 0.2) is 132 Å². The Morgan fingerprint density at radius 3 is 2.16 bits per heavy atom. The van der Waals surface area contributed by atoms with Gasteiger partial charge in [-0.15, -0.1) is 11.8 Å². The van der Waals surface area contributed by atoms with Gasteiger partial charge in [0.2, 0.25) is 5.91 Å². The van der Waals surface area contributed by atoms with Crippen molar-refractivity contribution in [3.63, 3.8) is 0 Å². The molecule has 1 aliphatic carbocycles. The summed E-state index contributed by atoms with van der Waals surface area (Å²) in [5.74, 6) is -1.38. The monoisotopic (exact) mass is 681 g/mol. The van der Waals surface area contributed by atoms with Crippen LogP contribution in [-0.2, 0) is 9.59 Å². The maximum atomic E-state index is 13.6. The van der Waals surface area contributed by atoms with Crippen LogP contribution in [0.25, 0.3) is 6.08 Å². The average molecular weight is 682 g/mol. The predicted molar refractivity (Wildman–Crippen MR) is 194 cm³/mol. The highest BCUT2D eigenvalue weighted by Crippen LogP contribution is 2.33. The Bertz CT molecular complexity index is 2180. The van der Waals surface area contributed by atoms with Crippen molar-refractivity contribution in [3.05, 3.63) is 160 Å². The van der Waals surface area contributed by atoms with E-state index in [1.165, 1.54) is 11.8 Å². The van der Waals surface area contributed by atoms with E-state index in [2.05, 4.69) is 16.0 Å². The zero-order chi connectivity index (χ0) is 35.2. The van der Waals surface area contributed by atoms with E-state index in [0.717, 1.165) is 0 Å². The Morgan fingerprint density at radius 1 is 0.720 bits per heavy atom. The molecule has 0 bridgehead atoms. The summed E-state index contributed by atoms with van der Waals surface area (Å²) >= 11 is 1.25. The van der Waals surface area contributed by atoms with Crippen molar-refractivity contribution in [2.75, 3.05) is 17.7 Å². The topological polar surface area (TPSA) is 131 Å². The summed E-state index contributed by atoms with van der Waals surface area (Å²) in [4.78, 5) is 67.2. The van der Waals surface area contributed by atoms with E-state index >= 15 is 0 Å². The molecule has 0 saturated carbocycles. The van der Waals surface area contributed by atoms with Gasteiger partial charge in [-0.25, -0.2) is 0 Å². The number of hydrogen-bond acceptors (Lipinski definition) is 7. The quantitative estimate of drug-likeness (QED) is 0.105. The minimum atomic E-state index is -0.618. The Balaban J connectivity index is 1.17. The van der Waals surface area contributed by atoms with Gasteiger partial charge in [0.15, 0.2) is 11.6 Å². The zero-order valence-electron chi connectivity index (χ0n) is 27.1. The van der Waals surface area contributed by atoms with Gasteiger partial charge in [0.1, 0.15) is 11.4 Å². The van der Waals surface area contributed by atoms with Crippen molar-refractivity contribution >= 4 is 58.5 Å². The standard InChI is InChI=1S/C40H31N3O6S/c1-24(38(46)42-33-20-10-19-32-35(33)37(45)31-18-7-6-17-30(31)36(32)44)50-29-16-9-14-27(23-29)41-40(48)34(22-25-11-8-15-28(21-25)49-2)43-39(47)26-12-4-3-5-13-26/h3-24H,1-2H3,(H,41,48)(H,42,46)(H,43,47)/b34-22+. The number of nitrogens with one attached hydrogen (secondary N) is 3. The van der Waals surface area contributed by atoms with Gasteiger partial charge in [0.25, 0.3) is 11.8 Å². The van der Waals surface area contributed by atoms with Crippen molar-refractivity contribution < 1.29 is 28.7 Å². The third-order valence-electron chi connectivity index (χ3n) is 7.92. The molecule has 5 aromatic rings. The molecule has 50 heavy (non-hydrogen) atoms. The molecule has 248 valence electrons. The highest BCUT2D eigenvalue weighted by molar-refractivity contribution is 8.00. The van der Waals surface area contributed by atoms with Gasteiger partial charge in [-0.2, -0.15) is 0 Å². The number of ketones is 2. The van der Waals surface area contributed by atoms with E-state index in [4.69, 9.17) is 4.74 Å². The molecule has 3 amide bonds. The number of ether oxygens (including phenoxy) is 1. The number of carbonyl (C=O) groups is 5. The van der Waals surface area contributed by atoms with Crippen LogP contribution in [-0.4, -0.2) is 41.6 Å². The van der Waals surface area contributed by atoms with E-state index < -0.39 is 17.1 Å². The molecule has 0 radical (unpaired) electrons. The van der Waals surface area contributed by atoms with Gasteiger partial charge in [-0.1, -0.05) is 72.8 Å². The highest BCUT2D eigenvalue weighted by Gasteiger charge is 2.32. The number of anilines is 2. The number of benzene rings is 5. The Hall–Kier alpha value is -6.26. The fraction of sp³-hybridized carbons (Fsp3) is 0.0750. The van der Waals surface area contributed by atoms with Gasteiger partial charge in [0.05, 0.1) is 23.6 Å². The predicted octanol–water partition coefficient (Wildman–Crippen LogP) is 7.00. The number of rotatable bonds is 10. The second kappa shape index (κ2) is 14.9. The Morgan fingerprint density at radius 2 is 1.40 bits per heavy atom. The number of hydrogen-bond donors (Lipinski definition) is 3. The lowest BCUT2D eigenvalue weighted by Crippen LogP contribution is -2.30. The van der Waals surface area contributed by atoms with E-state index in [1.807, 2.05) is 0 Å². The molecule has 5 aromatic carbocycles. The summed E-state index contributed by atoms with van der Waals surface area (Å²) in [5, 5.41) is 7.79. The van der Waals surface area contributed by atoms with Gasteiger partial charge in [-0.05, 0) is 67.1 Å². The Labute approximate surface area is 292 Å². The van der Waals surface area contributed by atoms with Gasteiger partial charge >= 0.3 is 0 Å². The van der Waals surface area contributed by atoms with Crippen LogP contribution in [0.3, 0.4) is 0 Å². The molecular weight excluding hydrogens is 651 g/mol. The normalized spacial score (nSPS) is 12.6. The number of carbonyl (C=O) groups excluding carboxylic acids is 5. The van der Waals surface area contributed by atoms with Crippen LogP contribution >= 0.6 is 11.8 Å². The first-order chi connectivity index (χ1) is 24.2. The lowest BCUT2D eigenvalue weighted by molar-refractivity contribution is -0.115. The molecule has 1 atom stereocenters. The molecule has 0 fully saturated rings. The third kappa shape index (κ3) is 7.40. The fourth-order valence-corrected chi connectivity index (χ4v) is 6.35. The van der Waals surface area contributed by atoms with Crippen molar-refractivity contribution in [2.45, 2.75) is 17.1 Å². The van der Waals surface area contributed by atoms with Crippen LogP contribution in [0.5, 0.6) is 5.75 Å². The molecule has 0 aliphatic heterocycles. The minimum Gasteiger partial charge on any atom is -0.497 e. The first kappa shape index (κ1) is 33.6. The second-order valence-electron chi connectivity index (χ2n) is 11.3. The van der Waals surface area contributed by atoms with Gasteiger partial charge in [-0.3, -0.25) is 24.0 Å². The van der Waals surface area contributed by atoms with E-state index in [1.54, 1.807) is 141 Å². The summed E-state index contributed by atoms with van der Waals surface area (Å²) in [5.41, 5.74) is 2.80. The van der Waals surface area contributed by atoms with Gasteiger partial charge in [0, 0.05) is 32.8 Å². The number of fused-ring (bicyclic) bond motifs is 2. The van der Waals surface area contributed by atoms with E-state index in [-0.39, 0.29) is 40.0 Å². The maximum absolute atomic E-state index is 13.6. The van der Waals surface area contributed by atoms with Crippen LogP contribution in [0.1, 0.15) is 54.7 Å². The third-order valence-corrected chi connectivity index (χ3v) is 9.01. The lowest BCUT2D eigenvalue weighted by Gasteiger charge is -2.21. The molecule has 9 nitrogen and oxygen atoms in total. The average Bonchev–Trinajstić information content (AvgIpc) is 3.14. The molecule has 6 rings (SSSR count). The van der Waals surface area contributed by atoms with Crippen molar-refractivity contribution in [1.29, 1.82) is 0 Å². The number of methoxy groups -OCH3 is 1. The second-order valence-corrected chi connectivity index (χ2v) is 12.7. The molecule has 0 heterocycles. The fourth-order valence-electron chi connectivity index (χ4n) is 5.43. The van der Waals surface area contributed by atoms with Crippen LogP contribution in [0.2, 0.25) is 0 Å². The lowest BCUT2D eigenvalue weighted by atomic mass is 9.83. The van der Waals surface area contributed by atoms with Crippen molar-refractivity contribution in [1.82, 2.24) is 5.32 Å². The molecule has 3 N–H and O–H groups in total. The summed E-state index contributed by atoms with van der Waals surface area (Å²) in [6, 6.07) is 34.1. The molecule has 0 aromatic heterocycles. The smallest absolute Gasteiger partial charge is 0.272 e. The summed E-state index contributed by atoms with van der Waals surface area (Å²) in [7, 11) is 1.54. The highest BCUT2D eigenvalue weighted by atomic mass is 32.2. The van der Waals surface area contributed by atoms with Crippen molar-refractivity contribution in [3.8, 4) is 5.75 Å². The largest absolute Gasteiger partial charge is 0.497 e. The zero-order valence-corrected chi connectivity index (χ0v) is 27.9. The van der Waals surface area contributed by atoms with E-state index in [0.29, 0.717) is 38.6 Å². The molecule has 1 unspecified atom stereocenters. The molecule has 10 heteroatoms. The number of thioether (sulfide) groups is 1. The molecule has 0 spiro atoms. The summed E-state index contributed by atoms with van der Waals surface area (Å²) in [6.45, 7) is 1.72. The SMILES string of the molecule is COc1cccc(/C=C(/NC(=O)c2ccccc2)C(=O)Nc2cccc(SC(C)C(=O)Nc3cccc4c3C(=O)c3ccccc3C4=O)c2)c1. The minimum absolute atomic E-state index is 0.0137. The maximum Gasteiger partial charge on any atom is 0.272 e. The van der Waals surface area contributed by atoms with Crippen LogP contribution in [0, 0.1) is 0 Å². The first-order valence-electron chi connectivity index (χ1n) is 15.6. The molecule has 1 aliphatic rings. The summed E-state index contributed by atoms with van der Waals surface area (Å²) in [6.07, 6.45) is 1.56. The Kier molecular flexibility index (Phi) is 10.0. The number of amides is 3. The van der Waals surface area contributed by atoms with Crippen LogP contribution < -0.4 is 20.7 Å². The molecular formula is C40H31N3O6S. The van der Waals surface area contributed by atoms with Gasteiger partial charge < -0.3 is 20.7 Å². The van der Waals surface area contributed by atoms with E-state index in [9.17, 15) is 24.0 Å². The molecule has 0 saturated heterocycles.